The van der Waals surface area contributed by atoms with Gasteiger partial charge in [-0.1, -0.05) is 0 Å². The Hall–Kier alpha value is -1.76. The number of benzene rings is 1. The highest BCUT2D eigenvalue weighted by Gasteiger charge is 2.45. The lowest BCUT2D eigenvalue weighted by molar-refractivity contribution is -0.155. The number of aromatic nitrogens is 2. The molecule has 23 heavy (non-hydrogen) atoms. The molecule has 1 aromatic carbocycles. The fourth-order valence-corrected chi connectivity index (χ4v) is 4.13. The summed E-state index contributed by atoms with van der Waals surface area (Å²) >= 11 is 0. The summed E-state index contributed by atoms with van der Waals surface area (Å²) in [5.41, 5.74) is 1.99. The van der Waals surface area contributed by atoms with E-state index in [1.807, 2.05) is 18.2 Å². The van der Waals surface area contributed by atoms with Crippen LogP contribution in [0.1, 0.15) is 25.7 Å². The lowest BCUT2D eigenvalue weighted by Gasteiger charge is -2.39. The van der Waals surface area contributed by atoms with Crippen LogP contribution in [0.25, 0.3) is 10.9 Å². The first-order valence-electron chi connectivity index (χ1n) is 8.00. The van der Waals surface area contributed by atoms with Gasteiger partial charge < -0.3 is 5.32 Å². The molecule has 7 heteroatoms. The number of hydrogen-bond acceptors (Lipinski definition) is 3. The number of H-pyrrole nitrogens is 1. The van der Waals surface area contributed by atoms with Crippen molar-refractivity contribution in [2.24, 2.45) is 0 Å². The molecule has 2 aliphatic rings. The number of nitrogens with one attached hydrogen (secondary N) is 2. The molecule has 4 rings (SSSR count). The van der Waals surface area contributed by atoms with Crippen molar-refractivity contribution in [3.8, 4) is 0 Å². The predicted octanol–water partition coefficient (Wildman–Crippen LogP) is 3.53. The molecule has 124 valence electrons. The average Bonchev–Trinajstić information content (AvgIpc) is 3.00. The maximum absolute atomic E-state index is 12.7. The van der Waals surface area contributed by atoms with Crippen LogP contribution in [0.15, 0.2) is 24.4 Å². The number of alkyl halides is 3. The lowest BCUT2D eigenvalue weighted by atomic mass is 9.97. The van der Waals surface area contributed by atoms with Crippen molar-refractivity contribution >= 4 is 16.6 Å². The Morgan fingerprint density at radius 1 is 1.22 bits per heavy atom. The van der Waals surface area contributed by atoms with Crippen molar-refractivity contribution in [1.29, 1.82) is 0 Å². The van der Waals surface area contributed by atoms with E-state index < -0.39 is 12.7 Å². The van der Waals surface area contributed by atoms with Gasteiger partial charge in [-0.15, -0.1) is 0 Å². The molecule has 2 N–H and O–H groups in total. The van der Waals surface area contributed by atoms with E-state index in [9.17, 15) is 13.2 Å². The summed E-state index contributed by atoms with van der Waals surface area (Å²) in [6.45, 7) is -0.768. The highest BCUT2D eigenvalue weighted by molar-refractivity contribution is 5.81. The molecule has 0 amide bonds. The quantitative estimate of drug-likeness (QED) is 0.908. The summed E-state index contributed by atoms with van der Waals surface area (Å²) in [5.74, 6) is 0. The second-order valence-corrected chi connectivity index (χ2v) is 6.66. The van der Waals surface area contributed by atoms with Crippen molar-refractivity contribution < 1.29 is 13.2 Å². The van der Waals surface area contributed by atoms with Gasteiger partial charge in [0.05, 0.1) is 18.3 Å². The Labute approximate surface area is 132 Å². The van der Waals surface area contributed by atoms with E-state index in [0.717, 1.165) is 42.3 Å². The Bertz CT molecular complexity index is 682. The summed E-state index contributed by atoms with van der Waals surface area (Å²) in [6, 6.07) is 6.32. The minimum Gasteiger partial charge on any atom is -0.382 e. The fraction of sp³-hybridized carbons (Fsp3) is 0.562. The molecule has 2 atom stereocenters. The Balaban J connectivity index is 1.44. The zero-order valence-electron chi connectivity index (χ0n) is 12.6. The van der Waals surface area contributed by atoms with Crippen molar-refractivity contribution in [3.05, 3.63) is 24.4 Å². The second-order valence-electron chi connectivity index (χ2n) is 6.66. The Kier molecular flexibility index (Phi) is 3.48. The molecule has 1 aromatic heterocycles. The smallest absolute Gasteiger partial charge is 0.382 e. The summed E-state index contributed by atoms with van der Waals surface area (Å²) in [6.07, 6.45) is 0.967. The lowest BCUT2D eigenvalue weighted by Crippen LogP contribution is -2.50. The largest absolute Gasteiger partial charge is 0.401 e. The van der Waals surface area contributed by atoms with E-state index in [0.29, 0.717) is 0 Å². The number of aromatic amines is 1. The van der Waals surface area contributed by atoms with Crippen molar-refractivity contribution in [3.63, 3.8) is 0 Å². The van der Waals surface area contributed by atoms with E-state index in [1.54, 1.807) is 11.1 Å². The Morgan fingerprint density at radius 2 is 1.96 bits per heavy atom. The van der Waals surface area contributed by atoms with Crippen molar-refractivity contribution in [1.82, 2.24) is 15.1 Å². The topological polar surface area (TPSA) is 44.0 Å². The molecule has 0 aliphatic carbocycles. The van der Waals surface area contributed by atoms with Crippen LogP contribution in [0.5, 0.6) is 0 Å². The standard InChI is InChI=1S/C16H19F3N4/c17-16(18,19)9-23-13-2-3-14(23)7-12(6-13)21-11-1-4-15-10(5-11)8-20-22-15/h1,4-5,8,12-14,21H,2-3,6-7,9H2,(H,20,22). The van der Waals surface area contributed by atoms with E-state index in [-0.39, 0.29) is 18.1 Å². The van der Waals surface area contributed by atoms with Gasteiger partial charge in [-0.05, 0) is 43.9 Å². The molecule has 3 heterocycles. The molecule has 2 aliphatic heterocycles. The van der Waals surface area contributed by atoms with Gasteiger partial charge in [0.2, 0.25) is 0 Å². The summed E-state index contributed by atoms with van der Waals surface area (Å²) in [7, 11) is 0. The summed E-state index contributed by atoms with van der Waals surface area (Å²) in [5, 5.41) is 11.4. The number of nitrogens with zero attached hydrogens (tertiary/aromatic N) is 2. The highest BCUT2D eigenvalue weighted by atomic mass is 19.4. The molecule has 2 aromatic rings. The zero-order chi connectivity index (χ0) is 16.0. The van der Waals surface area contributed by atoms with Gasteiger partial charge in [-0.2, -0.15) is 18.3 Å². The zero-order valence-corrected chi connectivity index (χ0v) is 12.6. The van der Waals surface area contributed by atoms with Gasteiger partial charge in [-0.3, -0.25) is 10.00 Å². The van der Waals surface area contributed by atoms with Crippen LogP contribution in [0.4, 0.5) is 18.9 Å². The molecular weight excluding hydrogens is 305 g/mol. The minimum absolute atomic E-state index is 0.0468. The Morgan fingerprint density at radius 3 is 2.65 bits per heavy atom. The highest BCUT2D eigenvalue weighted by Crippen LogP contribution is 2.38. The van der Waals surface area contributed by atoms with E-state index >= 15 is 0 Å². The normalized spacial score (nSPS) is 28.4. The first-order chi connectivity index (χ1) is 11.0. The molecule has 2 unspecified atom stereocenters. The molecule has 0 spiro atoms. The number of piperidine rings is 1. The van der Waals surface area contributed by atoms with E-state index in [4.69, 9.17) is 0 Å². The van der Waals surface area contributed by atoms with Gasteiger partial charge in [-0.25, -0.2) is 0 Å². The van der Waals surface area contributed by atoms with Crippen LogP contribution in [0.3, 0.4) is 0 Å². The van der Waals surface area contributed by atoms with Crippen LogP contribution in [-0.2, 0) is 0 Å². The number of anilines is 1. The fourth-order valence-electron chi connectivity index (χ4n) is 4.13. The van der Waals surface area contributed by atoms with Gasteiger partial charge in [0, 0.05) is 29.2 Å². The maximum Gasteiger partial charge on any atom is 0.401 e. The SMILES string of the molecule is FC(F)(F)CN1C2CCC1CC(Nc1ccc3[nH]ncc3c1)C2. The number of hydrogen-bond donors (Lipinski definition) is 2. The first-order valence-corrected chi connectivity index (χ1v) is 8.00. The van der Waals surface area contributed by atoms with E-state index in [1.165, 1.54) is 0 Å². The molecular formula is C16H19F3N4. The van der Waals surface area contributed by atoms with Gasteiger partial charge in [0.25, 0.3) is 0 Å². The van der Waals surface area contributed by atoms with Gasteiger partial charge in [0.1, 0.15) is 0 Å². The summed E-state index contributed by atoms with van der Waals surface area (Å²) < 4.78 is 38.1. The molecule has 2 bridgehead atoms. The number of fused-ring (bicyclic) bond motifs is 3. The molecule has 2 fully saturated rings. The van der Waals surface area contributed by atoms with E-state index in [2.05, 4.69) is 15.5 Å². The van der Waals surface area contributed by atoms with Gasteiger partial charge in [0.15, 0.2) is 0 Å². The first kappa shape index (κ1) is 14.8. The second kappa shape index (κ2) is 5.40. The maximum atomic E-state index is 12.7. The number of rotatable bonds is 3. The molecule has 2 saturated heterocycles. The van der Waals surface area contributed by atoms with Crippen LogP contribution in [0, 0.1) is 0 Å². The molecule has 0 radical (unpaired) electrons. The van der Waals surface area contributed by atoms with Crippen LogP contribution in [0.2, 0.25) is 0 Å². The predicted molar refractivity (Wildman–Crippen MR) is 82.3 cm³/mol. The van der Waals surface area contributed by atoms with Crippen LogP contribution < -0.4 is 5.32 Å². The van der Waals surface area contributed by atoms with Crippen molar-refractivity contribution in [2.75, 3.05) is 11.9 Å². The van der Waals surface area contributed by atoms with Gasteiger partial charge >= 0.3 is 6.18 Å². The summed E-state index contributed by atoms with van der Waals surface area (Å²) in [4.78, 5) is 1.66. The monoisotopic (exact) mass is 324 g/mol. The number of halogens is 3. The minimum atomic E-state index is -4.10. The van der Waals surface area contributed by atoms with Crippen LogP contribution >= 0.6 is 0 Å². The van der Waals surface area contributed by atoms with Crippen molar-refractivity contribution in [2.45, 2.75) is 50.0 Å². The molecule has 0 saturated carbocycles. The third-order valence-corrected chi connectivity index (χ3v) is 5.06. The van der Waals surface area contributed by atoms with Crippen LogP contribution in [-0.4, -0.2) is 45.9 Å². The third kappa shape index (κ3) is 3.02. The third-order valence-electron chi connectivity index (χ3n) is 5.06. The molecule has 4 nitrogen and oxygen atoms in total. The average molecular weight is 324 g/mol.